The van der Waals surface area contributed by atoms with Gasteiger partial charge in [-0.25, -0.2) is 15.0 Å². The molecule has 2 heterocycles. The van der Waals surface area contributed by atoms with Crippen LogP contribution in [0.1, 0.15) is 39.3 Å². The highest BCUT2D eigenvalue weighted by Crippen LogP contribution is 2.36. The number of aryl methyl sites for hydroxylation is 2. The number of rotatable bonds is 2. The highest BCUT2D eigenvalue weighted by Gasteiger charge is 2.51. The molecule has 0 unspecified atom stereocenters. The van der Waals surface area contributed by atoms with Crippen molar-refractivity contribution >= 4 is 12.6 Å². The van der Waals surface area contributed by atoms with Gasteiger partial charge in [0.1, 0.15) is 11.6 Å². The van der Waals surface area contributed by atoms with Gasteiger partial charge in [0.05, 0.1) is 11.2 Å². The standard InChI is InChI=1S/C17H22BN3O2/c1-11-19-12(2)21-15(20-11)13-7-9-14(10-8-13)18-22-16(3,4)17(5,6)23-18/h7-10H,1-6H3. The third kappa shape index (κ3) is 3.01. The summed E-state index contributed by atoms with van der Waals surface area (Å²) in [6.07, 6.45) is 0. The molecular weight excluding hydrogens is 289 g/mol. The van der Waals surface area contributed by atoms with E-state index in [2.05, 4.69) is 42.6 Å². The lowest BCUT2D eigenvalue weighted by Crippen LogP contribution is -2.41. The van der Waals surface area contributed by atoms with Crippen LogP contribution in [0.25, 0.3) is 11.4 Å². The van der Waals surface area contributed by atoms with Crippen molar-refractivity contribution in [3.8, 4) is 11.4 Å². The zero-order valence-electron chi connectivity index (χ0n) is 14.5. The van der Waals surface area contributed by atoms with Crippen molar-refractivity contribution in [2.24, 2.45) is 0 Å². The maximum absolute atomic E-state index is 6.07. The first-order valence-electron chi connectivity index (χ1n) is 7.83. The van der Waals surface area contributed by atoms with Gasteiger partial charge in [0.25, 0.3) is 0 Å². The first-order valence-corrected chi connectivity index (χ1v) is 7.83. The first kappa shape index (κ1) is 16.1. The fourth-order valence-electron chi connectivity index (χ4n) is 2.51. The lowest BCUT2D eigenvalue weighted by Gasteiger charge is -2.32. The average Bonchev–Trinajstić information content (AvgIpc) is 2.66. The van der Waals surface area contributed by atoms with Crippen molar-refractivity contribution in [1.82, 2.24) is 15.0 Å². The van der Waals surface area contributed by atoms with Gasteiger partial charge in [0, 0.05) is 5.56 Å². The van der Waals surface area contributed by atoms with E-state index in [0.717, 1.165) is 22.7 Å². The summed E-state index contributed by atoms with van der Waals surface area (Å²) in [6, 6.07) is 8.00. The van der Waals surface area contributed by atoms with Gasteiger partial charge < -0.3 is 9.31 Å². The zero-order valence-corrected chi connectivity index (χ0v) is 14.5. The largest absolute Gasteiger partial charge is 0.494 e. The minimum Gasteiger partial charge on any atom is -0.399 e. The van der Waals surface area contributed by atoms with Gasteiger partial charge >= 0.3 is 7.12 Å². The summed E-state index contributed by atoms with van der Waals surface area (Å²) in [4.78, 5) is 13.0. The Morgan fingerprint density at radius 3 is 1.74 bits per heavy atom. The highest BCUT2D eigenvalue weighted by atomic mass is 16.7. The Labute approximate surface area is 137 Å². The van der Waals surface area contributed by atoms with E-state index < -0.39 is 0 Å². The van der Waals surface area contributed by atoms with Crippen LogP contribution in [0.4, 0.5) is 0 Å². The van der Waals surface area contributed by atoms with Crippen molar-refractivity contribution in [1.29, 1.82) is 0 Å². The quantitative estimate of drug-likeness (QED) is 0.797. The Morgan fingerprint density at radius 1 is 0.783 bits per heavy atom. The van der Waals surface area contributed by atoms with E-state index in [1.165, 1.54) is 0 Å². The third-order valence-corrected chi connectivity index (χ3v) is 4.55. The van der Waals surface area contributed by atoms with E-state index in [1.54, 1.807) is 0 Å². The van der Waals surface area contributed by atoms with Crippen LogP contribution in [0, 0.1) is 13.8 Å². The lowest BCUT2D eigenvalue weighted by molar-refractivity contribution is 0.00578. The summed E-state index contributed by atoms with van der Waals surface area (Å²) in [5, 5.41) is 0. The van der Waals surface area contributed by atoms with Gasteiger partial charge in [-0.1, -0.05) is 24.3 Å². The van der Waals surface area contributed by atoms with E-state index in [0.29, 0.717) is 5.82 Å². The van der Waals surface area contributed by atoms with Crippen molar-refractivity contribution in [3.05, 3.63) is 35.9 Å². The molecule has 3 rings (SSSR count). The van der Waals surface area contributed by atoms with E-state index in [1.807, 2.05) is 38.1 Å². The Kier molecular flexibility index (Phi) is 3.77. The zero-order chi connectivity index (χ0) is 16.8. The normalized spacial score (nSPS) is 19.1. The molecule has 0 radical (unpaired) electrons. The monoisotopic (exact) mass is 311 g/mol. The van der Waals surface area contributed by atoms with Gasteiger partial charge in [-0.15, -0.1) is 0 Å². The van der Waals surface area contributed by atoms with E-state index in [4.69, 9.17) is 9.31 Å². The predicted octanol–water partition coefficient (Wildman–Crippen LogP) is 2.45. The summed E-state index contributed by atoms with van der Waals surface area (Å²) in [7, 11) is -0.351. The number of benzene rings is 1. The van der Waals surface area contributed by atoms with Gasteiger partial charge in [0.2, 0.25) is 0 Å². The van der Waals surface area contributed by atoms with Crippen LogP contribution in [0.15, 0.2) is 24.3 Å². The van der Waals surface area contributed by atoms with E-state index >= 15 is 0 Å². The van der Waals surface area contributed by atoms with Gasteiger partial charge in [0.15, 0.2) is 5.82 Å². The van der Waals surface area contributed by atoms with Crippen LogP contribution in [0.3, 0.4) is 0 Å². The van der Waals surface area contributed by atoms with Crippen LogP contribution < -0.4 is 5.46 Å². The van der Waals surface area contributed by atoms with Gasteiger partial charge in [-0.3, -0.25) is 0 Å². The maximum atomic E-state index is 6.07. The minimum atomic E-state index is -0.351. The molecule has 1 fully saturated rings. The fraction of sp³-hybridized carbons (Fsp3) is 0.471. The maximum Gasteiger partial charge on any atom is 0.494 e. The smallest absolute Gasteiger partial charge is 0.399 e. The van der Waals surface area contributed by atoms with Crippen LogP contribution in [0.2, 0.25) is 0 Å². The predicted molar refractivity (Wildman–Crippen MR) is 90.5 cm³/mol. The molecule has 120 valence electrons. The topological polar surface area (TPSA) is 57.1 Å². The Morgan fingerprint density at radius 2 is 1.26 bits per heavy atom. The molecular formula is C17H22BN3O2. The molecule has 0 aliphatic carbocycles. The third-order valence-electron chi connectivity index (χ3n) is 4.55. The van der Waals surface area contributed by atoms with Crippen LogP contribution in [-0.4, -0.2) is 33.3 Å². The Hall–Kier alpha value is -1.79. The molecule has 5 nitrogen and oxygen atoms in total. The highest BCUT2D eigenvalue weighted by molar-refractivity contribution is 6.62. The molecule has 1 aliphatic heterocycles. The molecule has 0 spiro atoms. The van der Waals surface area contributed by atoms with Crippen LogP contribution in [0.5, 0.6) is 0 Å². The van der Waals surface area contributed by atoms with Crippen molar-refractivity contribution in [2.75, 3.05) is 0 Å². The summed E-state index contributed by atoms with van der Waals surface area (Å²) < 4.78 is 12.1. The fourth-order valence-corrected chi connectivity index (χ4v) is 2.51. The molecule has 0 atom stereocenters. The van der Waals surface area contributed by atoms with Crippen LogP contribution >= 0.6 is 0 Å². The number of hydrogen-bond donors (Lipinski definition) is 0. The molecule has 1 aromatic heterocycles. The summed E-state index contributed by atoms with van der Waals surface area (Å²) in [6.45, 7) is 12.0. The van der Waals surface area contributed by atoms with Gasteiger partial charge in [-0.2, -0.15) is 0 Å². The summed E-state index contributed by atoms with van der Waals surface area (Å²) >= 11 is 0. The summed E-state index contributed by atoms with van der Waals surface area (Å²) in [5.74, 6) is 2.14. The van der Waals surface area contributed by atoms with Crippen molar-refractivity contribution in [3.63, 3.8) is 0 Å². The van der Waals surface area contributed by atoms with E-state index in [-0.39, 0.29) is 18.3 Å². The lowest BCUT2D eigenvalue weighted by atomic mass is 9.79. The second kappa shape index (κ2) is 5.39. The van der Waals surface area contributed by atoms with Crippen molar-refractivity contribution in [2.45, 2.75) is 52.7 Å². The molecule has 0 N–H and O–H groups in total. The minimum absolute atomic E-state index is 0.335. The molecule has 1 saturated heterocycles. The van der Waals surface area contributed by atoms with Gasteiger partial charge in [-0.05, 0) is 47.0 Å². The number of hydrogen-bond acceptors (Lipinski definition) is 5. The molecule has 0 amide bonds. The molecule has 6 heteroatoms. The molecule has 1 aromatic carbocycles. The number of nitrogens with zero attached hydrogens (tertiary/aromatic N) is 3. The summed E-state index contributed by atoms with van der Waals surface area (Å²) in [5.41, 5.74) is 1.28. The molecule has 1 aliphatic rings. The molecule has 2 aromatic rings. The molecule has 0 saturated carbocycles. The second-order valence-electron chi connectivity index (χ2n) is 6.96. The molecule has 0 bridgehead atoms. The van der Waals surface area contributed by atoms with Crippen LogP contribution in [-0.2, 0) is 9.31 Å². The number of aromatic nitrogens is 3. The van der Waals surface area contributed by atoms with E-state index in [9.17, 15) is 0 Å². The average molecular weight is 311 g/mol. The van der Waals surface area contributed by atoms with Crippen molar-refractivity contribution < 1.29 is 9.31 Å². The Bertz CT molecular complexity index is 693. The first-order chi connectivity index (χ1) is 10.7. The molecule has 23 heavy (non-hydrogen) atoms. The SMILES string of the molecule is Cc1nc(C)nc(-c2ccc(B3OC(C)(C)C(C)(C)O3)cc2)n1. The second-order valence-corrected chi connectivity index (χ2v) is 6.96. The Balaban J connectivity index is 1.86.